The van der Waals surface area contributed by atoms with Crippen molar-refractivity contribution in [2.75, 3.05) is 0 Å². The number of primary amides is 1. The molecule has 1 unspecified atom stereocenters. The van der Waals surface area contributed by atoms with Crippen molar-refractivity contribution in [2.45, 2.75) is 31.8 Å². The van der Waals surface area contributed by atoms with Crippen LogP contribution >= 0.6 is 0 Å². The molecule has 1 saturated carbocycles. The highest BCUT2D eigenvalue weighted by Crippen LogP contribution is 2.43. The Morgan fingerprint density at radius 2 is 1.87 bits per heavy atom. The summed E-state index contributed by atoms with van der Waals surface area (Å²) in [6.45, 7) is -0.217. The maximum atomic E-state index is 14.2. The van der Waals surface area contributed by atoms with E-state index in [1.165, 1.54) is 40.9 Å². The molecule has 5 rings (SSSR count). The molecule has 38 heavy (non-hydrogen) atoms. The van der Waals surface area contributed by atoms with Gasteiger partial charge in [0, 0.05) is 41.6 Å². The Morgan fingerprint density at radius 1 is 1.16 bits per heavy atom. The van der Waals surface area contributed by atoms with E-state index in [4.69, 9.17) is 5.73 Å². The normalized spacial score (nSPS) is 14.3. The number of hydrogen-bond acceptors (Lipinski definition) is 6. The fraction of sp³-hybridized carbons (Fsp3) is 0.200. The van der Waals surface area contributed by atoms with Crippen molar-refractivity contribution in [2.24, 2.45) is 5.73 Å². The van der Waals surface area contributed by atoms with Gasteiger partial charge in [0.2, 0.25) is 0 Å². The van der Waals surface area contributed by atoms with Gasteiger partial charge in [0.05, 0.1) is 11.1 Å². The first-order valence-electron chi connectivity index (χ1n) is 11.7. The van der Waals surface area contributed by atoms with Gasteiger partial charge in [-0.15, -0.1) is 0 Å². The van der Waals surface area contributed by atoms with Gasteiger partial charge in [-0.05, 0) is 71.8 Å². The lowest BCUT2D eigenvalue weighted by atomic mass is 9.79. The summed E-state index contributed by atoms with van der Waals surface area (Å²) in [4.78, 5) is 12.4. The largest absolute Gasteiger partial charge is 0.760 e. The number of amides is 1. The molecule has 0 bridgehead atoms. The summed E-state index contributed by atoms with van der Waals surface area (Å²) in [7, 11) is -1.99. The number of pyridine rings is 1. The minimum Gasteiger partial charge on any atom is -0.760 e. The van der Waals surface area contributed by atoms with E-state index in [1.54, 1.807) is 12.3 Å². The van der Waals surface area contributed by atoms with Crippen LogP contribution in [-0.4, -0.2) is 45.8 Å². The van der Waals surface area contributed by atoms with Crippen LogP contribution in [0.15, 0.2) is 54.7 Å². The zero-order chi connectivity index (χ0) is 27.1. The van der Waals surface area contributed by atoms with E-state index in [-0.39, 0.29) is 35.7 Å². The molecular formula is C25H22BF2N4O5S-. The van der Waals surface area contributed by atoms with E-state index in [2.05, 4.69) is 5.10 Å². The summed E-state index contributed by atoms with van der Waals surface area (Å²) in [6.07, 6.45) is 3.43. The molecule has 1 atom stereocenters. The zero-order valence-corrected chi connectivity index (χ0v) is 20.7. The van der Waals surface area contributed by atoms with Crippen molar-refractivity contribution in [1.82, 2.24) is 13.9 Å². The van der Waals surface area contributed by atoms with E-state index in [1.807, 2.05) is 0 Å². The first-order chi connectivity index (χ1) is 18.1. The van der Waals surface area contributed by atoms with Crippen LogP contribution in [0, 0.1) is 11.6 Å². The van der Waals surface area contributed by atoms with Crippen molar-refractivity contribution in [1.29, 1.82) is 0 Å². The summed E-state index contributed by atoms with van der Waals surface area (Å²) in [5.41, 5.74) is 8.62. The van der Waals surface area contributed by atoms with Gasteiger partial charge in [-0.1, -0.05) is 12.1 Å². The van der Waals surface area contributed by atoms with Gasteiger partial charge in [0.1, 0.15) is 17.3 Å². The average Bonchev–Trinajstić information content (AvgIpc) is 3.63. The smallest absolute Gasteiger partial charge is 0.491 e. The number of carbonyl (C=O) groups excluding carboxylic acids is 1. The summed E-state index contributed by atoms with van der Waals surface area (Å²) < 4.78 is 54.5. The van der Waals surface area contributed by atoms with Gasteiger partial charge < -0.3 is 20.3 Å². The van der Waals surface area contributed by atoms with Crippen molar-refractivity contribution < 1.29 is 32.4 Å². The molecular weight excluding hydrogens is 517 g/mol. The Kier molecular flexibility index (Phi) is 7.12. The number of aromatic nitrogens is 2. The van der Waals surface area contributed by atoms with E-state index >= 15 is 0 Å². The first kappa shape index (κ1) is 26.1. The number of nitrogens with two attached hydrogens (primary N) is 1. The second kappa shape index (κ2) is 10.3. The number of halogens is 2. The van der Waals surface area contributed by atoms with Gasteiger partial charge in [0.15, 0.2) is 0 Å². The number of nitrogens with zero attached hydrogens (tertiary/aromatic N) is 3. The topological polar surface area (TPSA) is 144 Å². The molecule has 4 N–H and O–H groups in total. The zero-order valence-electron chi connectivity index (χ0n) is 19.9. The van der Waals surface area contributed by atoms with Crippen LogP contribution in [0.5, 0.6) is 0 Å². The predicted octanol–water partition coefficient (Wildman–Crippen LogP) is 1.73. The second-order valence-corrected chi connectivity index (χ2v) is 10.1. The lowest BCUT2D eigenvalue weighted by Gasteiger charge is -2.25. The Hall–Kier alpha value is -3.49. The highest BCUT2D eigenvalue weighted by molar-refractivity contribution is 7.76. The number of hydrogen-bond donors (Lipinski definition) is 3. The van der Waals surface area contributed by atoms with E-state index in [0.29, 0.717) is 22.2 Å². The molecule has 196 valence electrons. The molecule has 4 aromatic rings. The molecule has 2 aromatic carbocycles. The summed E-state index contributed by atoms with van der Waals surface area (Å²) in [5.74, 6) is -1.83. The van der Waals surface area contributed by atoms with E-state index < -0.39 is 35.9 Å². The fourth-order valence-corrected chi connectivity index (χ4v) is 5.04. The van der Waals surface area contributed by atoms with Crippen molar-refractivity contribution in [3.63, 3.8) is 0 Å². The quantitative estimate of drug-likeness (QED) is 0.218. The fourth-order valence-electron chi connectivity index (χ4n) is 4.54. The van der Waals surface area contributed by atoms with Crippen LogP contribution in [0.25, 0.3) is 16.8 Å². The van der Waals surface area contributed by atoms with E-state index in [9.17, 15) is 32.4 Å². The third-order valence-corrected chi connectivity index (χ3v) is 7.21. The molecule has 0 spiro atoms. The number of carbonyl (C=O) groups is 1. The molecule has 1 aliphatic rings. The summed E-state index contributed by atoms with van der Waals surface area (Å²) >= 11 is -2.68. The minimum absolute atomic E-state index is 0.0540. The monoisotopic (exact) mass is 539 g/mol. The van der Waals surface area contributed by atoms with Crippen molar-refractivity contribution in [3.05, 3.63) is 88.6 Å². The molecule has 2 aromatic heterocycles. The number of benzene rings is 2. The van der Waals surface area contributed by atoms with Crippen molar-refractivity contribution >= 4 is 35.3 Å². The SMILES string of the molecule is NC(=O)c1c(-c2ccc(F)cc2)nn2cc(CN(Cc3ccc(B(O)O)c(F)c3)S(=O)[O-])c(C3CC3)cc12. The maximum absolute atomic E-state index is 14.2. The van der Waals surface area contributed by atoms with Crippen LogP contribution in [0.3, 0.4) is 0 Å². The Labute approximate surface area is 219 Å². The Balaban J connectivity index is 1.54. The average molecular weight is 539 g/mol. The molecule has 0 radical (unpaired) electrons. The van der Waals surface area contributed by atoms with Gasteiger partial charge in [-0.3, -0.25) is 9.00 Å². The molecule has 9 nitrogen and oxygen atoms in total. The molecule has 2 heterocycles. The highest BCUT2D eigenvalue weighted by Gasteiger charge is 2.29. The highest BCUT2D eigenvalue weighted by atomic mass is 32.2. The Bertz CT molecular complexity index is 1560. The third-order valence-electron chi connectivity index (χ3n) is 6.53. The van der Waals surface area contributed by atoms with Crippen molar-refractivity contribution in [3.8, 4) is 11.3 Å². The number of rotatable bonds is 9. The van der Waals surface area contributed by atoms with Crippen LogP contribution in [0.2, 0.25) is 0 Å². The van der Waals surface area contributed by atoms with Gasteiger partial charge in [-0.2, -0.15) is 5.10 Å². The third kappa shape index (κ3) is 5.24. The first-order valence-corrected chi connectivity index (χ1v) is 12.7. The summed E-state index contributed by atoms with van der Waals surface area (Å²) in [5, 5.41) is 23.0. The Morgan fingerprint density at radius 3 is 2.45 bits per heavy atom. The predicted molar refractivity (Wildman–Crippen MR) is 135 cm³/mol. The molecule has 1 aliphatic carbocycles. The molecule has 0 saturated heterocycles. The summed E-state index contributed by atoms with van der Waals surface area (Å²) in [6, 6.07) is 11.0. The van der Waals surface area contributed by atoms with Gasteiger partial charge >= 0.3 is 7.12 Å². The van der Waals surface area contributed by atoms with Gasteiger partial charge in [-0.25, -0.2) is 17.6 Å². The second-order valence-electron chi connectivity index (χ2n) is 9.20. The maximum Gasteiger partial charge on any atom is 0.491 e. The molecule has 1 fully saturated rings. The lowest BCUT2D eigenvalue weighted by Crippen LogP contribution is -2.33. The van der Waals surface area contributed by atoms with Crippen LogP contribution in [0.4, 0.5) is 8.78 Å². The lowest BCUT2D eigenvalue weighted by molar-refractivity contribution is 0.100. The standard InChI is InChI=1S/C25H23BF2N4O5S/c27-18-6-4-16(5-7-18)24-23(25(29)33)22-10-19(15-2-3-15)17(13-32(22)30-24)12-31(38(36)37)11-14-1-8-20(26(34)35)21(28)9-14/h1,4-10,13,15,34-35H,2-3,11-12H2,(H2,29,33)(H,36,37)/p-1. The van der Waals surface area contributed by atoms with Crippen LogP contribution < -0.4 is 11.2 Å². The molecule has 13 heteroatoms. The molecule has 0 aliphatic heterocycles. The van der Waals surface area contributed by atoms with Crippen LogP contribution in [-0.2, 0) is 24.4 Å². The van der Waals surface area contributed by atoms with Gasteiger partial charge in [0.25, 0.3) is 5.91 Å². The van der Waals surface area contributed by atoms with E-state index in [0.717, 1.165) is 28.8 Å². The van der Waals surface area contributed by atoms with Crippen LogP contribution in [0.1, 0.15) is 45.8 Å². The number of fused-ring (bicyclic) bond motifs is 1. The molecule has 1 amide bonds. The minimum atomic E-state index is -2.68.